The van der Waals surface area contributed by atoms with Gasteiger partial charge in [-0.15, -0.1) is 11.3 Å². The van der Waals surface area contributed by atoms with E-state index < -0.39 is 22.5 Å². The van der Waals surface area contributed by atoms with E-state index in [0.717, 1.165) is 20.5 Å². The van der Waals surface area contributed by atoms with Crippen LogP contribution in [0.2, 0.25) is 0 Å². The molecule has 1 saturated heterocycles. The van der Waals surface area contributed by atoms with E-state index >= 15 is 0 Å². The summed E-state index contributed by atoms with van der Waals surface area (Å²) in [5, 5.41) is 1.73. The second-order valence-corrected chi connectivity index (χ2v) is 6.98. The van der Waals surface area contributed by atoms with Gasteiger partial charge in [-0.05, 0) is 17.0 Å². The molecule has 0 saturated carbocycles. The average molecular weight is 348 g/mol. The number of benzene rings is 1. The van der Waals surface area contributed by atoms with Gasteiger partial charge in [-0.2, -0.15) is 9.35 Å². The van der Waals surface area contributed by atoms with Crippen LogP contribution in [0.15, 0.2) is 24.3 Å². The van der Waals surface area contributed by atoms with Crippen LogP contribution < -0.4 is 29.6 Å². The molecule has 10 heteroatoms. The topological polar surface area (TPSA) is 90.0 Å². The van der Waals surface area contributed by atoms with Crippen LogP contribution in [-0.2, 0) is 21.2 Å². The molecule has 0 aliphatic carbocycles. The second kappa shape index (κ2) is 5.45. The third kappa shape index (κ3) is 2.46. The van der Waals surface area contributed by atoms with Gasteiger partial charge in [0.15, 0.2) is 0 Å². The normalized spacial score (nSPS) is 20.2. The van der Waals surface area contributed by atoms with E-state index in [0.29, 0.717) is 18.2 Å². The van der Waals surface area contributed by atoms with E-state index in [-0.39, 0.29) is 29.6 Å². The monoisotopic (exact) mass is 348 g/mol. The largest absolute Gasteiger partial charge is 1.00 e. The molecule has 0 spiro atoms. The molecule has 0 N–H and O–H groups in total. The predicted octanol–water partition coefficient (Wildman–Crippen LogP) is -1.41. The summed E-state index contributed by atoms with van der Waals surface area (Å²) in [6, 6.07) is 6.63. The first-order valence-corrected chi connectivity index (χ1v) is 8.33. The quantitative estimate of drug-likeness (QED) is 0.378. The maximum absolute atomic E-state index is 12.1. The zero-order valence-corrected chi connectivity index (χ0v) is 15.2. The zero-order chi connectivity index (χ0) is 14.8. The second-order valence-electron chi connectivity index (χ2n) is 4.93. The maximum Gasteiger partial charge on any atom is 1.00 e. The number of nitrogens with zero attached hydrogens (tertiary/aromatic N) is 2. The number of carbonyl (C=O) groups excluding carboxylic acids is 1. The molecule has 1 fully saturated rings. The van der Waals surface area contributed by atoms with E-state index in [1.807, 2.05) is 24.3 Å². The van der Waals surface area contributed by atoms with Crippen LogP contribution in [-0.4, -0.2) is 35.5 Å². The standard InChI is InChI=1S/C12H10N2O5S2.Na/c15-12-13-5-8-7-3-1-2-4-10(7)20-11(8)9(6-13)14(12)19-21(16,17)18;/h1-4,9H,5-6H2,(H,16,17,18);/q;+1/p-1. The number of urea groups is 1. The van der Waals surface area contributed by atoms with Gasteiger partial charge in [0.1, 0.15) is 6.04 Å². The molecule has 1 aromatic carbocycles. The minimum atomic E-state index is -4.98. The Hall–Kier alpha value is -0.680. The van der Waals surface area contributed by atoms with Crippen LogP contribution in [0, 0.1) is 0 Å². The molecule has 2 bridgehead atoms. The summed E-state index contributed by atoms with van der Waals surface area (Å²) in [5.41, 5.74) is 0.995. The minimum Gasteiger partial charge on any atom is -0.724 e. The molecule has 2 amide bonds. The van der Waals surface area contributed by atoms with Gasteiger partial charge in [-0.25, -0.2) is 13.2 Å². The molecule has 4 rings (SSSR count). The van der Waals surface area contributed by atoms with Crippen molar-refractivity contribution in [2.45, 2.75) is 12.6 Å². The summed E-state index contributed by atoms with van der Waals surface area (Å²) in [6.45, 7) is 0.724. The maximum atomic E-state index is 12.1. The van der Waals surface area contributed by atoms with Crippen molar-refractivity contribution >= 4 is 37.9 Å². The molecular formula is C12H9N2NaO5S2. The zero-order valence-electron chi connectivity index (χ0n) is 11.6. The van der Waals surface area contributed by atoms with Crippen LogP contribution in [0.25, 0.3) is 10.1 Å². The first-order chi connectivity index (χ1) is 9.94. The Morgan fingerprint density at radius 3 is 2.77 bits per heavy atom. The van der Waals surface area contributed by atoms with Crippen molar-refractivity contribution in [1.82, 2.24) is 9.96 Å². The van der Waals surface area contributed by atoms with E-state index in [1.54, 1.807) is 0 Å². The fourth-order valence-electron chi connectivity index (χ4n) is 2.88. The molecule has 1 unspecified atom stereocenters. The fourth-order valence-corrected chi connectivity index (χ4v) is 4.53. The van der Waals surface area contributed by atoms with Crippen LogP contribution in [0.3, 0.4) is 0 Å². The number of amides is 2. The minimum absolute atomic E-state index is 0. The molecule has 2 aromatic rings. The molecule has 110 valence electrons. The molecule has 1 aromatic heterocycles. The fraction of sp³-hybridized carbons (Fsp3) is 0.250. The van der Waals surface area contributed by atoms with Gasteiger partial charge < -0.3 is 9.45 Å². The van der Waals surface area contributed by atoms with Crippen molar-refractivity contribution in [1.29, 1.82) is 0 Å². The number of hydrogen-bond donors (Lipinski definition) is 0. The third-order valence-electron chi connectivity index (χ3n) is 3.69. The van der Waals surface area contributed by atoms with E-state index in [4.69, 9.17) is 0 Å². The summed E-state index contributed by atoms with van der Waals surface area (Å²) >= 11 is 1.49. The van der Waals surface area contributed by atoms with E-state index in [9.17, 15) is 17.8 Å². The number of fused-ring (bicyclic) bond motifs is 6. The number of hydroxylamine groups is 2. The van der Waals surface area contributed by atoms with Gasteiger partial charge >= 0.3 is 35.6 Å². The van der Waals surface area contributed by atoms with Gasteiger partial charge in [0.05, 0.1) is 6.54 Å². The Kier molecular flexibility index (Phi) is 4.01. The van der Waals surface area contributed by atoms with Crippen molar-refractivity contribution in [3.63, 3.8) is 0 Å². The summed E-state index contributed by atoms with van der Waals surface area (Å²) in [4.78, 5) is 14.5. The Morgan fingerprint density at radius 1 is 1.32 bits per heavy atom. The Morgan fingerprint density at radius 2 is 2.05 bits per heavy atom. The van der Waals surface area contributed by atoms with Crippen molar-refractivity contribution in [2.24, 2.45) is 0 Å². The van der Waals surface area contributed by atoms with Gasteiger partial charge in [0, 0.05) is 16.1 Å². The Bertz CT molecular complexity index is 866. The molecule has 3 heterocycles. The summed E-state index contributed by atoms with van der Waals surface area (Å²) in [6.07, 6.45) is 0. The number of carbonyl (C=O) groups is 1. The van der Waals surface area contributed by atoms with Crippen molar-refractivity contribution < 1.29 is 51.6 Å². The molecular weight excluding hydrogens is 339 g/mol. The van der Waals surface area contributed by atoms with E-state index in [1.165, 1.54) is 16.2 Å². The van der Waals surface area contributed by atoms with Crippen molar-refractivity contribution in [3.8, 4) is 0 Å². The Labute approximate surface area is 152 Å². The van der Waals surface area contributed by atoms with E-state index in [2.05, 4.69) is 4.28 Å². The average Bonchev–Trinajstić information content (AvgIpc) is 2.91. The molecule has 1 atom stereocenters. The van der Waals surface area contributed by atoms with Crippen molar-refractivity contribution in [3.05, 3.63) is 34.7 Å². The van der Waals surface area contributed by atoms with Gasteiger partial charge in [-0.1, -0.05) is 18.2 Å². The van der Waals surface area contributed by atoms with Crippen LogP contribution in [0.1, 0.15) is 16.5 Å². The number of rotatable bonds is 2. The van der Waals surface area contributed by atoms with Gasteiger partial charge in [0.2, 0.25) is 10.4 Å². The predicted molar refractivity (Wildman–Crippen MR) is 73.0 cm³/mol. The van der Waals surface area contributed by atoms with Gasteiger partial charge in [-0.3, -0.25) is 0 Å². The first kappa shape index (κ1) is 16.2. The van der Waals surface area contributed by atoms with Crippen LogP contribution in [0.5, 0.6) is 0 Å². The molecule has 2 aliphatic rings. The molecule has 22 heavy (non-hydrogen) atoms. The molecule has 0 radical (unpaired) electrons. The van der Waals surface area contributed by atoms with Crippen LogP contribution in [0.4, 0.5) is 4.79 Å². The Balaban J connectivity index is 0.00000144. The van der Waals surface area contributed by atoms with Crippen LogP contribution >= 0.6 is 11.3 Å². The van der Waals surface area contributed by atoms with Gasteiger partial charge in [0.25, 0.3) is 0 Å². The molecule has 7 nitrogen and oxygen atoms in total. The number of hydrogen-bond acceptors (Lipinski definition) is 6. The SMILES string of the molecule is O=C1N2Cc3c(sc4ccccc34)C(C2)N1OS(=O)(=O)[O-].[Na+]. The third-order valence-corrected chi connectivity index (χ3v) is 5.35. The smallest absolute Gasteiger partial charge is 0.724 e. The molecule has 2 aliphatic heterocycles. The summed E-state index contributed by atoms with van der Waals surface area (Å²) < 4.78 is 37.9. The summed E-state index contributed by atoms with van der Waals surface area (Å²) in [5.74, 6) is 0. The van der Waals surface area contributed by atoms with Crippen molar-refractivity contribution in [2.75, 3.05) is 6.54 Å². The first-order valence-electron chi connectivity index (χ1n) is 6.18. The number of thiophene rings is 1. The summed E-state index contributed by atoms with van der Waals surface area (Å²) in [7, 11) is -4.98.